The molecule has 2 aromatic carbocycles. The highest BCUT2D eigenvalue weighted by Gasteiger charge is 2.44. The minimum absolute atomic E-state index is 0.0511. The highest BCUT2D eigenvalue weighted by atomic mass is 32.1. The molecule has 0 radical (unpaired) electrons. The Labute approximate surface area is 187 Å². The zero-order chi connectivity index (χ0) is 22.1. The molecule has 9 heteroatoms. The monoisotopic (exact) mass is 445 g/mol. The molecule has 2 heterocycles. The van der Waals surface area contributed by atoms with E-state index in [1.54, 1.807) is 7.11 Å². The van der Waals surface area contributed by atoms with E-state index in [9.17, 15) is 4.79 Å². The predicted octanol–water partition coefficient (Wildman–Crippen LogP) is 3.66. The normalized spacial score (nSPS) is 14.1. The molecule has 0 atom stereocenters. The minimum atomic E-state index is -0.710. The fourth-order valence-corrected chi connectivity index (χ4v) is 4.49. The van der Waals surface area contributed by atoms with Crippen LogP contribution in [0.25, 0.3) is 21.3 Å². The number of carbonyl (C=O) groups excluding carboxylic acids is 1. The molecule has 2 aromatic heterocycles. The van der Waals surface area contributed by atoms with E-state index in [0.717, 1.165) is 26.4 Å². The number of thiazole rings is 1. The second-order valence-corrected chi connectivity index (χ2v) is 8.80. The summed E-state index contributed by atoms with van der Waals surface area (Å²) < 4.78 is 12.2. The Morgan fingerprint density at radius 1 is 1.22 bits per heavy atom. The quantitative estimate of drug-likeness (QED) is 0.462. The van der Waals surface area contributed by atoms with Gasteiger partial charge < -0.3 is 14.5 Å². The van der Waals surface area contributed by atoms with Crippen LogP contribution in [-0.4, -0.2) is 33.7 Å². The van der Waals surface area contributed by atoms with Crippen LogP contribution < -0.4 is 10.1 Å². The van der Waals surface area contributed by atoms with Crippen molar-refractivity contribution in [1.29, 1.82) is 5.26 Å². The third-order valence-corrected chi connectivity index (χ3v) is 6.30. The van der Waals surface area contributed by atoms with Gasteiger partial charge in [0, 0.05) is 0 Å². The van der Waals surface area contributed by atoms with Crippen molar-refractivity contribution in [3.63, 3.8) is 0 Å². The molecule has 32 heavy (non-hydrogen) atoms. The fourth-order valence-electron chi connectivity index (χ4n) is 3.47. The molecule has 0 unspecified atom stereocenters. The number of nitrogens with zero attached hydrogens (tertiary/aromatic N) is 4. The van der Waals surface area contributed by atoms with Crippen molar-refractivity contribution in [2.45, 2.75) is 31.2 Å². The van der Waals surface area contributed by atoms with Gasteiger partial charge in [-0.25, -0.2) is 4.98 Å². The first-order chi connectivity index (χ1) is 15.6. The van der Waals surface area contributed by atoms with Crippen LogP contribution in [0.4, 0.5) is 0 Å². The van der Waals surface area contributed by atoms with Crippen LogP contribution in [0.15, 0.2) is 46.9 Å². The number of amides is 1. The average Bonchev–Trinajstić information content (AvgIpc) is 3.24. The number of benzene rings is 2. The first kappa shape index (κ1) is 20.2. The summed E-state index contributed by atoms with van der Waals surface area (Å²) in [6.07, 6.45) is 1.67. The van der Waals surface area contributed by atoms with Gasteiger partial charge in [0.15, 0.2) is 0 Å². The fraction of sp³-hybridized carbons (Fsp3) is 0.261. The van der Waals surface area contributed by atoms with Crippen LogP contribution in [0.5, 0.6) is 5.75 Å². The number of rotatable bonds is 7. The summed E-state index contributed by atoms with van der Waals surface area (Å²) in [6.45, 7) is 0. The average molecular weight is 446 g/mol. The van der Waals surface area contributed by atoms with Crippen molar-refractivity contribution in [2.75, 3.05) is 7.11 Å². The van der Waals surface area contributed by atoms with Crippen LogP contribution in [-0.2, 0) is 17.6 Å². The van der Waals surface area contributed by atoms with Crippen molar-refractivity contribution < 1.29 is 13.9 Å². The Hall–Kier alpha value is -3.77. The number of carbonyl (C=O) groups is 1. The molecule has 0 aliphatic heterocycles. The molecule has 1 saturated carbocycles. The number of hydrogen-bond donors (Lipinski definition) is 1. The molecule has 1 aliphatic carbocycles. The number of hydrogen-bond acceptors (Lipinski definition) is 8. The summed E-state index contributed by atoms with van der Waals surface area (Å²) in [7, 11) is 1.63. The lowest BCUT2D eigenvalue weighted by Gasteiger charge is -2.06. The zero-order valence-electron chi connectivity index (χ0n) is 17.3. The third kappa shape index (κ3) is 4.05. The lowest BCUT2D eigenvalue weighted by atomic mass is 10.1. The standard InChI is InChI=1S/C23H19N5O3S/c1-30-16-9-15(14-5-3-2-4-6-14)10-17-22(16)25-21(32-17)12-20-28-27-19(31-20)11-18(29)26-23(13-24)7-8-23/h2-6,9-10H,7-8,11-12H2,1H3,(H,26,29). The van der Waals surface area contributed by atoms with Crippen LogP contribution in [0.2, 0.25) is 0 Å². The SMILES string of the molecule is COc1cc(-c2ccccc2)cc2sc(Cc3nnc(CC(=O)NC4(C#N)CC4)o3)nc12. The van der Waals surface area contributed by atoms with Crippen molar-refractivity contribution in [1.82, 2.24) is 20.5 Å². The molecular weight excluding hydrogens is 426 g/mol. The Bertz CT molecular complexity index is 1330. The number of fused-ring (bicyclic) bond motifs is 1. The molecule has 4 aromatic rings. The second-order valence-electron chi connectivity index (χ2n) is 7.68. The maximum absolute atomic E-state index is 12.1. The van der Waals surface area contributed by atoms with Gasteiger partial charge >= 0.3 is 0 Å². The van der Waals surface area contributed by atoms with Crippen LogP contribution in [0.3, 0.4) is 0 Å². The molecule has 1 amide bonds. The molecule has 5 rings (SSSR count). The Morgan fingerprint density at radius 3 is 2.72 bits per heavy atom. The van der Waals surface area contributed by atoms with E-state index < -0.39 is 5.54 Å². The Kier molecular flexibility index (Phi) is 5.07. The lowest BCUT2D eigenvalue weighted by molar-refractivity contribution is -0.121. The van der Waals surface area contributed by atoms with Gasteiger partial charge in [-0.05, 0) is 36.1 Å². The minimum Gasteiger partial charge on any atom is -0.494 e. The van der Waals surface area contributed by atoms with E-state index in [1.807, 2.05) is 24.3 Å². The van der Waals surface area contributed by atoms with Crippen LogP contribution in [0, 0.1) is 11.3 Å². The van der Waals surface area contributed by atoms with E-state index in [4.69, 9.17) is 19.4 Å². The van der Waals surface area contributed by atoms with Crippen LogP contribution in [0.1, 0.15) is 29.6 Å². The molecule has 8 nitrogen and oxygen atoms in total. The lowest BCUT2D eigenvalue weighted by Crippen LogP contribution is -2.36. The maximum atomic E-state index is 12.1. The number of nitriles is 1. The molecular formula is C23H19N5O3S. The molecule has 1 N–H and O–H groups in total. The van der Waals surface area contributed by atoms with Crippen LogP contribution >= 0.6 is 11.3 Å². The van der Waals surface area contributed by atoms with E-state index in [1.165, 1.54) is 11.3 Å². The summed E-state index contributed by atoms with van der Waals surface area (Å²) in [4.78, 5) is 16.8. The van der Waals surface area contributed by atoms with Crippen molar-refractivity contribution >= 4 is 27.5 Å². The molecule has 160 valence electrons. The molecule has 0 bridgehead atoms. The van der Waals surface area contributed by atoms with Gasteiger partial charge in [0.25, 0.3) is 0 Å². The summed E-state index contributed by atoms with van der Waals surface area (Å²) in [5.74, 6) is 1.02. The van der Waals surface area contributed by atoms with Gasteiger partial charge in [0.2, 0.25) is 17.7 Å². The molecule has 0 spiro atoms. The van der Waals surface area contributed by atoms with E-state index >= 15 is 0 Å². The number of aromatic nitrogens is 3. The van der Waals surface area contributed by atoms with Gasteiger partial charge in [-0.15, -0.1) is 21.5 Å². The summed E-state index contributed by atoms with van der Waals surface area (Å²) in [6, 6.07) is 16.3. The highest BCUT2D eigenvalue weighted by molar-refractivity contribution is 7.18. The molecule has 1 fully saturated rings. The van der Waals surface area contributed by atoms with Crippen molar-refractivity contribution in [3.8, 4) is 22.9 Å². The maximum Gasteiger partial charge on any atom is 0.230 e. The van der Waals surface area contributed by atoms with Gasteiger partial charge in [-0.1, -0.05) is 30.3 Å². The Morgan fingerprint density at radius 2 is 2.00 bits per heavy atom. The molecule has 1 aliphatic rings. The van der Waals surface area contributed by atoms with Gasteiger partial charge in [0.05, 0.1) is 24.3 Å². The third-order valence-electron chi connectivity index (χ3n) is 5.30. The second kappa shape index (κ2) is 8.05. The van der Waals surface area contributed by atoms with Gasteiger partial charge in [-0.2, -0.15) is 5.26 Å². The van der Waals surface area contributed by atoms with Gasteiger partial charge in [0.1, 0.15) is 28.2 Å². The first-order valence-electron chi connectivity index (χ1n) is 10.1. The number of ether oxygens (including phenoxy) is 1. The van der Waals surface area contributed by atoms with Gasteiger partial charge in [-0.3, -0.25) is 4.79 Å². The smallest absolute Gasteiger partial charge is 0.230 e. The van der Waals surface area contributed by atoms with Crippen molar-refractivity contribution in [2.24, 2.45) is 0 Å². The zero-order valence-corrected chi connectivity index (χ0v) is 18.1. The predicted molar refractivity (Wildman–Crippen MR) is 118 cm³/mol. The highest BCUT2D eigenvalue weighted by Crippen LogP contribution is 2.36. The van der Waals surface area contributed by atoms with E-state index in [2.05, 4.69) is 39.8 Å². The summed E-state index contributed by atoms with van der Waals surface area (Å²) in [5, 5.41) is 20.6. The summed E-state index contributed by atoms with van der Waals surface area (Å²) >= 11 is 1.54. The first-order valence-corrected chi connectivity index (χ1v) is 11.0. The largest absolute Gasteiger partial charge is 0.494 e. The van der Waals surface area contributed by atoms with E-state index in [-0.39, 0.29) is 18.2 Å². The number of methoxy groups -OCH3 is 1. The Balaban J connectivity index is 1.33. The van der Waals surface area contributed by atoms with Crippen molar-refractivity contribution in [3.05, 3.63) is 59.3 Å². The number of nitrogens with one attached hydrogen (secondary N) is 1. The topological polar surface area (TPSA) is 114 Å². The summed E-state index contributed by atoms with van der Waals surface area (Å²) in [5.41, 5.74) is 2.24. The van der Waals surface area contributed by atoms with E-state index in [0.29, 0.717) is 30.9 Å². The molecule has 0 saturated heterocycles.